The molecule has 0 fully saturated rings. The van der Waals surface area contributed by atoms with E-state index < -0.39 is 11.7 Å². The molecule has 0 bridgehead atoms. The van der Waals surface area contributed by atoms with Crippen molar-refractivity contribution < 1.29 is 13.2 Å². The van der Waals surface area contributed by atoms with Crippen LogP contribution in [0.25, 0.3) is 0 Å². The van der Waals surface area contributed by atoms with E-state index in [2.05, 4.69) is 23.4 Å². The molecule has 0 saturated heterocycles. The number of aromatic nitrogens is 2. The number of hydrogen-bond acceptors (Lipinski definition) is 1. The molecule has 0 radical (unpaired) electrons. The van der Waals surface area contributed by atoms with E-state index in [1.54, 1.807) is 18.2 Å². The Balaban J connectivity index is 0.000000245. The van der Waals surface area contributed by atoms with Crippen LogP contribution in [0.1, 0.15) is 56.7 Å². The molecule has 178 valence electrons. The van der Waals surface area contributed by atoms with Crippen LogP contribution in [0.3, 0.4) is 0 Å². The third-order valence-electron chi connectivity index (χ3n) is 5.76. The highest BCUT2D eigenvalue weighted by Crippen LogP contribution is 2.28. The fraction of sp³-hybridized carbons (Fsp3) is 0.423. The van der Waals surface area contributed by atoms with Crippen LogP contribution in [-0.2, 0) is 12.7 Å². The standard InChI is InChI=1S/C14H11BClF3.C12H22N2/c1-15(12-7-2-3-8-13(12)16)11-6-4-5-10(9-11)14(17,18)19;1-3-4-5-6-7-8-9-14-11-13-10-12(14)2/h2-9H,1H3;10-11H,3-9H2,1-2H3. The highest BCUT2D eigenvalue weighted by atomic mass is 35.5. The van der Waals surface area contributed by atoms with Crippen LogP contribution in [0.15, 0.2) is 61.1 Å². The molecule has 0 spiro atoms. The molecule has 0 unspecified atom stereocenters. The lowest BCUT2D eigenvalue weighted by Gasteiger charge is -2.13. The predicted octanol–water partition coefficient (Wildman–Crippen LogP) is 7.15. The van der Waals surface area contributed by atoms with Crippen molar-refractivity contribution >= 4 is 29.2 Å². The normalized spacial score (nSPS) is 11.1. The molecule has 2 aromatic carbocycles. The van der Waals surface area contributed by atoms with Crippen LogP contribution >= 0.6 is 11.6 Å². The summed E-state index contributed by atoms with van der Waals surface area (Å²) >= 11 is 6.08. The van der Waals surface area contributed by atoms with Gasteiger partial charge in [0.15, 0.2) is 0 Å². The molecule has 3 aromatic rings. The second-order valence-corrected chi connectivity index (χ2v) is 8.77. The highest BCUT2D eigenvalue weighted by Gasteiger charge is 2.31. The van der Waals surface area contributed by atoms with Crippen LogP contribution < -0.4 is 10.9 Å². The second-order valence-electron chi connectivity index (χ2n) is 8.36. The van der Waals surface area contributed by atoms with Crippen molar-refractivity contribution in [2.45, 2.75) is 71.9 Å². The minimum absolute atomic E-state index is 0.184. The quantitative estimate of drug-likeness (QED) is 0.237. The monoisotopic (exact) mass is 476 g/mol. The van der Waals surface area contributed by atoms with E-state index in [1.807, 2.05) is 31.5 Å². The number of hydrogen-bond donors (Lipinski definition) is 0. The number of benzene rings is 2. The van der Waals surface area contributed by atoms with E-state index in [0.717, 1.165) is 18.1 Å². The topological polar surface area (TPSA) is 17.8 Å². The zero-order valence-electron chi connectivity index (χ0n) is 19.7. The molecule has 33 heavy (non-hydrogen) atoms. The molecule has 0 amide bonds. The van der Waals surface area contributed by atoms with Crippen LogP contribution in [0.4, 0.5) is 13.2 Å². The predicted molar refractivity (Wildman–Crippen MR) is 134 cm³/mol. The lowest BCUT2D eigenvalue weighted by atomic mass is 9.42. The lowest BCUT2D eigenvalue weighted by Crippen LogP contribution is -2.40. The first-order valence-corrected chi connectivity index (χ1v) is 12.0. The summed E-state index contributed by atoms with van der Waals surface area (Å²) in [7, 11) is 0. The van der Waals surface area contributed by atoms with Gasteiger partial charge < -0.3 is 4.57 Å². The molecule has 1 heterocycles. The van der Waals surface area contributed by atoms with Crippen LogP contribution in [-0.4, -0.2) is 16.3 Å². The number of nitrogens with zero attached hydrogens (tertiary/aromatic N) is 2. The Morgan fingerprint density at radius 3 is 2.30 bits per heavy atom. The second kappa shape index (κ2) is 13.5. The van der Waals surface area contributed by atoms with Gasteiger partial charge in [0.2, 0.25) is 6.71 Å². The number of rotatable bonds is 9. The summed E-state index contributed by atoms with van der Waals surface area (Å²) in [5.74, 6) is 0. The van der Waals surface area contributed by atoms with Crippen molar-refractivity contribution in [2.24, 2.45) is 0 Å². The lowest BCUT2D eigenvalue weighted by molar-refractivity contribution is -0.137. The molecule has 1 aromatic heterocycles. The van der Waals surface area contributed by atoms with Crippen molar-refractivity contribution in [3.63, 3.8) is 0 Å². The zero-order chi connectivity index (χ0) is 24.3. The van der Waals surface area contributed by atoms with Gasteiger partial charge >= 0.3 is 6.18 Å². The van der Waals surface area contributed by atoms with Crippen molar-refractivity contribution in [3.8, 4) is 0 Å². The van der Waals surface area contributed by atoms with Crippen LogP contribution in [0.5, 0.6) is 0 Å². The van der Waals surface area contributed by atoms with Gasteiger partial charge in [-0.05, 0) is 19.4 Å². The molecular weight excluding hydrogens is 444 g/mol. The number of halogens is 4. The summed E-state index contributed by atoms with van der Waals surface area (Å²) in [5.41, 5.74) is 2.06. The molecule has 0 atom stereocenters. The molecule has 7 heteroatoms. The van der Waals surface area contributed by atoms with Crippen molar-refractivity contribution in [2.75, 3.05) is 0 Å². The molecule has 0 N–H and O–H groups in total. The fourth-order valence-corrected chi connectivity index (χ4v) is 3.97. The fourth-order valence-electron chi connectivity index (χ4n) is 3.67. The van der Waals surface area contributed by atoms with E-state index >= 15 is 0 Å². The largest absolute Gasteiger partial charge is 0.416 e. The van der Waals surface area contributed by atoms with Gasteiger partial charge in [0.25, 0.3) is 0 Å². The maximum absolute atomic E-state index is 12.7. The number of unbranched alkanes of at least 4 members (excludes halogenated alkanes) is 5. The third-order valence-corrected chi connectivity index (χ3v) is 6.10. The third kappa shape index (κ3) is 8.92. The molecule has 0 aliphatic carbocycles. The van der Waals surface area contributed by atoms with Gasteiger partial charge in [0.05, 0.1) is 11.9 Å². The van der Waals surface area contributed by atoms with Gasteiger partial charge in [0.1, 0.15) is 0 Å². The van der Waals surface area contributed by atoms with Gasteiger partial charge in [-0.3, -0.25) is 0 Å². The summed E-state index contributed by atoms with van der Waals surface area (Å²) in [5, 5.41) is 0.562. The van der Waals surface area contributed by atoms with Crippen LogP contribution in [0, 0.1) is 6.92 Å². The Hall–Kier alpha value is -2.21. The van der Waals surface area contributed by atoms with Crippen molar-refractivity contribution in [1.29, 1.82) is 0 Å². The molecule has 3 rings (SSSR count). The number of alkyl halides is 3. The Labute approximate surface area is 201 Å². The Kier molecular flexibility index (Phi) is 11.1. The maximum Gasteiger partial charge on any atom is 0.416 e. The minimum Gasteiger partial charge on any atom is -0.335 e. The molecule has 2 nitrogen and oxygen atoms in total. The summed E-state index contributed by atoms with van der Waals surface area (Å²) in [6, 6.07) is 12.5. The van der Waals surface area contributed by atoms with E-state index in [4.69, 9.17) is 11.6 Å². The average Bonchev–Trinajstić information content (AvgIpc) is 3.20. The van der Waals surface area contributed by atoms with E-state index in [9.17, 15) is 13.2 Å². The molecule has 0 aliphatic heterocycles. The molecule has 0 aliphatic rings. The zero-order valence-corrected chi connectivity index (χ0v) is 20.5. The smallest absolute Gasteiger partial charge is 0.335 e. The molecule has 0 saturated carbocycles. The molecular formula is C26H33BClF3N2. The van der Waals surface area contributed by atoms with Crippen molar-refractivity contribution in [3.05, 3.63) is 77.3 Å². The van der Waals surface area contributed by atoms with Gasteiger partial charge in [-0.2, -0.15) is 13.2 Å². The summed E-state index contributed by atoms with van der Waals surface area (Å²) in [6.45, 7) is 7.17. The summed E-state index contributed by atoms with van der Waals surface area (Å²) < 4.78 is 40.3. The first-order valence-electron chi connectivity index (χ1n) is 11.6. The Morgan fingerprint density at radius 2 is 1.67 bits per heavy atom. The van der Waals surface area contributed by atoms with Gasteiger partial charge in [0, 0.05) is 23.5 Å². The van der Waals surface area contributed by atoms with E-state index in [-0.39, 0.29) is 6.71 Å². The van der Waals surface area contributed by atoms with Crippen molar-refractivity contribution in [1.82, 2.24) is 9.55 Å². The number of imidazole rings is 1. The van der Waals surface area contributed by atoms with Gasteiger partial charge in [-0.1, -0.05) is 111 Å². The van der Waals surface area contributed by atoms with Gasteiger partial charge in [-0.25, -0.2) is 4.98 Å². The first kappa shape index (κ1) is 27.0. The number of aryl methyl sites for hydroxylation is 2. The Bertz CT molecular complexity index is 972. The summed E-state index contributed by atoms with van der Waals surface area (Å²) in [6.07, 6.45) is 7.71. The first-order chi connectivity index (χ1) is 15.7. The average molecular weight is 477 g/mol. The van der Waals surface area contributed by atoms with E-state index in [0.29, 0.717) is 10.5 Å². The Morgan fingerprint density at radius 1 is 0.970 bits per heavy atom. The van der Waals surface area contributed by atoms with Gasteiger partial charge in [-0.15, -0.1) is 0 Å². The summed E-state index contributed by atoms with van der Waals surface area (Å²) in [4.78, 5) is 4.11. The van der Waals surface area contributed by atoms with E-state index in [1.165, 1.54) is 56.4 Å². The maximum atomic E-state index is 12.7. The minimum atomic E-state index is -4.32. The van der Waals surface area contributed by atoms with Crippen LogP contribution in [0.2, 0.25) is 11.8 Å². The highest BCUT2D eigenvalue weighted by molar-refractivity contribution is 6.85. The SMILES string of the molecule is CB(c1cccc(C(F)(F)F)c1)c1ccccc1Cl.CCCCCCCCn1cncc1C.